The number of hydrogen-bond acceptors (Lipinski definition) is 4. The minimum atomic E-state index is -0.148. The third-order valence-electron chi connectivity index (χ3n) is 4.33. The van der Waals surface area contributed by atoms with Gasteiger partial charge in [-0.3, -0.25) is 4.79 Å². The summed E-state index contributed by atoms with van der Waals surface area (Å²) in [7, 11) is 3.15. The van der Waals surface area contributed by atoms with Crippen LogP contribution in [-0.4, -0.2) is 26.7 Å². The first-order valence-corrected chi connectivity index (χ1v) is 9.06. The summed E-state index contributed by atoms with van der Waals surface area (Å²) in [6, 6.07) is 23.5. The Balaban J connectivity index is 1.64. The first-order valence-electron chi connectivity index (χ1n) is 9.06. The lowest BCUT2D eigenvalue weighted by molar-refractivity contribution is -0.114. The van der Waals surface area contributed by atoms with Crippen LogP contribution in [0.1, 0.15) is 11.1 Å². The molecule has 144 valence electrons. The van der Waals surface area contributed by atoms with E-state index in [0.717, 1.165) is 17.7 Å². The summed E-state index contributed by atoms with van der Waals surface area (Å²) in [5.74, 6) is 1.09. The van der Waals surface area contributed by atoms with E-state index in [2.05, 4.69) is 28.8 Å². The Morgan fingerprint density at radius 3 is 2.18 bits per heavy atom. The number of amides is 1. The van der Waals surface area contributed by atoms with Crippen molar-refractivity contribution in [2.75, 3.05) is 31.4 Å². The molecule has 3 aromatic rings. The zero-order valence-electron chi connectivity index (χ0n) is 16.1. The zero-order chi connectivity index (χ0) is 19.8. The van der Waals surface area contributed by atoms with E-state index >= 15 is 0 Å². The van der Waals surface area contributed by atoms with Gasteiger partial charge in [-0.1, -0.05) is 48.5 Å². The van der Waals surface area contributed by atoms with Crippen molar-refractivity contribution in [3.63, 3.8) is 0 Å². The van der Waals surface area contributed by atoms with Crippen LogP contribution in [0, 0.1) is 0 Å². The lowest BCUT2D eigenvalue weighted by atomic mass is 10.0. The fourth-order valence-corrected chi connectivity index (χ4v) is 2.92. The lowest BCUT2D eigenvalue weighted by Crippen LogP contribution is -2.22. The van der Waals surface area contributed by atoms with Crippen molar-refractivity contribution in [1.29, 1.82) is 0 Å². The molecule has 5 heteroatoms. The van der Waals surface area contributed by atoms with Crippen molar-refractivity contribution < 1.29 is 14.3 Å². The van der Waals surface area contributed by atoms with Crippen LogP contribution in [0.5, 0.6) is 11.5 Å². The highest BCUT2D eigenvalue weighted by Crippen LogP contribution is 2.25. The number of hydrogen-bond donors (Lipinski definition) is 2. The van der Waals surface area contributed by atoms with Crippen LogP contribution in [0.2, 0.25) is 0 Å². The number of anilines is 2. The highest BCUT2D eigenvalue weighted by Gasteiger charge is 2.08. The van der Waals surface area contributed by atoms with Crippen molar-refractivity contribution in [2.45, 2.75) is 6.42 Å². The molecule has 0 saturated heterocycles. The minimum absolute atomic E-state index is 0.148. The molecule has 3 rings (SSSR count). The Morgan fingerprint density at radius 1 is 0.857 bits per heavy atom. The second kappa shape index (κ2) is 9.46. The van der Waals surface area contributed by atoms with Crippen LogP contribution < -0.4 is 20.1 Å². The van der Waals surface area contributed by atoms with Gasteiger partial charge in [0.1, 0.15) is 11.5 Å². The van der Waals surface area contributed by atoms with Gasteiger partial charge < -0.3 is 20.1 Å². The summed E-state index contributed by atoms with van der Waals surface area (Å²) in [5.41, 5.74) is 3.94. The minimum Gasteiger partial charge on any atom is -0.497 e. The second-order valence-electron chi connectivity index (χ2n) is 6.32. The van der Waals surface area contributed by atoms with Gasteiger partial charge >= 0.3 is 0 Å². The molecule has 0 aliphatic heterocycles. The third-order valence-corrected chi connectivity index (χ3v) is 4.33. The average Bonchev–Trinajstić information content (AvgIpc) is 2.73. The molecule has 0 aliphatic rings. The van der Waals surface area contributed by atoms with E-state index in [4.69, 9.17) is 9.47 Å². The number of carbonyl (C=O) groups is 1. The number of carbonyl (C=O) groups excluding carboxylic acids is 1. The summed E-state index contributed by atoms with van der Waals surface area (Å²) in [6.45, 7) is 0.158. The zero-order valence-corrected chi connectivity index (χ0v) is 16.1. The van der Waals surface area contributed by atoms with E-state index in [9.17, 15) is 4.79 Å². The number of benzene rings is 3. The molecule has 0 bridgehead atoms. The Bertz CT molecular complexity index is 904. The Hall–Kier alpha value is -3.47. The summed E-state index contributed by atoms with van der Waals surface area (Å²) >= 11 is 0. The van der Waals surface area contributed by atoms with E-state index < -0.39 is 0 Å². The molecule has 0 aliphatic carbocycles. The van der Waals surface area contributed by atoms with Gasteiger partial charge in [-0.2, -0.15) is 0 Å². The fourth-order valence-electron chi connectivity index (χ4n) is 2.92. The molecular weight excluding hydrogens is 352 g/mol. The molecule has 0 unspecified atom stereocenters. The first kappa shape index (κ1) is 19.3. The molecule has 2 N–H and O–H groups in total. The van der Waals surface area contributed by atoms with Gasteiger partial charge in [0, 0.05) is 29.6 Å². The number of rotatable bonds is 8. The van der Waals surface area contributed by atoms with E-state index in [-0.39, 0.29) is 12.5 Å². The average molecular weight is 376 g/mol. The normalized spacial score (nSPS) is 10.2. The van der Waals surface area contributed by atoms with Gasteiger partial charge in [-0.05, 0) is 23.6 Å². The standard InChI is InChI=1S/C23H24N2O3/c1-27-20-13-19(14-21(15-20)28-2)25-23(26)16-24-22-11-7-6-10-18(22)12-17-8-4-3-5-9-17/h3-11,13-15,24H,12,16H2,1-2H3,(H,25,26). The number of nitrogens with one attached hydrogen (secondary N) is 2. The highest BCUT2D eigenvalue weighted by atomic mass is 16.5. The Kier molecular flexibility index (Phi) is 6.52. The van der Waals surface area contributed by atoms with Crippen LogP contribution in [0.3, 0.4) is 0 Å². The van der Waals surface area contributed by atoms with Gasteiger partial charge in [0.15, 0.2) is 0 Å². The molecule has 0 saturated carbocycles. The van der Waals surface area contributed by atoms with Gasteiger partial charge in [-0.15, -0.1) is 0 Å². The summed E-state index contributed by atoms with van der Waals surface area (Å²) in [6.07, 6.45) is 0.804. The van der Waals surface area contributed by atoms with Crippen LogP contribution in [0.25, 0.3) is 0 Å². The summed E-state index contributed by atoms with van der Waals surface area (Å²) in [4.78, 5) is 12.4. The Labute approximate surface area is 165 Å². The molecule has 0 heterocycles. The van der Waals surface area contributed by atoms with Gasteiger partial charge in [0.2, 0.25) is 5.91 Å². The molecule has 3 aromatic carbocycles. The number of para-hydroxylation sites is 1. The van der Waals surface area contributed by atoms with Crippen molar-refractivity contribution in [3.8, 4) is 11.5 Å². The highest BCUT2D eigenvalue weighted by molar-refractivity contribution is 5.94. The molecule has 0 spiro atoms. The predicted molar refractivity (Wildman–Crippen MR) is 112 cm³/mol. The van der Waals surface area contributed by atoms with Crippen molar-refractivity contribution in [1.82, 2.24) is 0 Å². The summed E-state index contributed by atoms with van der Waals surface area (Å²) < 4.78 is 10.5. The molecule has 5 nitrogen and oxygen atoms in total. The van der Waals surface area contributed by atoms with E-state index in [1.807, 2.05) is 36.4 Å². The smallest absolute Gasteiger partial charge is 0.243 e. The van der Waals surface area contributed by atoms with Gasteiger partial charge in [0.25, 0.3) is 0 Å². The fraction of sp³-hybridized carbons (Fsp3) is 0.174. The topological polar surface area (TPSA) is 59.6 Å². The predicted octanol–water partition coefficient (Wildman–Crippen LogP) is 4.35. The van der Waals surface area contributed by atoms with Crippen molar-refractivity contribution >= 4 is 17.3 Å². The van der Waals surface area contributed by atoms with Gasteiger partial charge in [0.05, 0.1) is 20.8 Å². The maximum absolute atomic E-state index is 12.4. The molecule has 0 aromatic heterocycles. The lowest BCUT2D eigenvalue weighted by Gasteiger charge is -2.13. The summed E-state index contributed by atoms with van der Waals surface area (Å²) in [5, 5.41) is 6.11. The molecule has 0 radical (unpaired) electrons. The second-order valence-corrected chi connectivity index (χ2v) is 6.32. The molecule has 0 fully saturated rings. The third kappa shape index (κ3) is 5.27. The van der Waals surface area contributed by atoms with E-state index in [1.54, 1.807) is 32.4 Å². The van der Waals surface area contributed by atoms with Crippen LogP contribution in [0.4, 0.5) is 11.4 Å². The molecular formula is C23H24N2O3. The van der Waals surface area contributed by atoms with Gasteiger partial charge in [-0.25, -0.2) is 0 Å². The SMILES string of the molecule is COc1cc(NC(=O)CNc2ccccc2Cc2ccccc2)cc(OC)c1. The largest absolute Gasteiger partial charge is 0.497 e. The Morgan fingerprint density at radius 2 is 1.50 bits per heavy atom. The van der Waals surface area contributed by atoms with Crippen LogP contribution >= 0.6 is 0 Å². The van der Waals surface area contributed by atoms with E-state index in [1.165, 1.54) is 5.56 Å². The molecule has 28 heavy (non-hydrogen) atoms. The maximum Gasteiger partial charge on any atom is 0.243 e. The van der Waals surface area contributed by atoms with Crippen LogP contribution in [0.15, 0.2) is 72.8 Å². The quantitative estimate of drug-likeness (QED) is 0.614. The number of ether oxygens (including phenoxy) is 2. The first-order chi connectivity index (χ1) is 13.7. The number of methoxy groups -OCH3 is 2. The molecule has 1 amide bonds. The van der Waals surface area contributed by atoms with Crippen LogP contribution in [-0.2, 0) is 11.2 Å². The monoisotopic (exact) mass is 376 g/mol. The van der Waals surface area contributed by atoms with E-state index in [0.29, 0.717) is 17.2 Å². The molecule has 0 atom stereocenters. The van der Waals surface area contributed by atoms with Crippen molar-refractivity contribution in [2.24, 2.45) is 0 Å². The maximum atomic E-state index is 12.4. The van der Waals surface area contributed by atoms with Crippen molar-refractivity contribution in [3.05, 3.63) is 83.9 Å².